The number of carbonyl (C=O) groups excluding carboxylic acids is 2. The smallest absolute Gasteiger partial charge is 0.254 e. The highest BCUT2D eigenvalue weighted by Crippen LogP contribution is 2.40. The zero-order valence-corrected chi connectivity index (χ0v) is 26.9. The van der Waals surface area contributed by atoms with Crippen LogP contribution in [0.15, 0.2) is 48.5 Å². The molecule has 0 spiro atoms. The molecule has 11 heteroatoms. The lowest BCUT2D eigenvalue weighted by molar-refractivity contribution is -0.117. The second-order valence-corrected chi connectivity index (χ2v) is 13.3. The lowest BCUT2D eigenvalue weighted by Crippen LogP contribution is -2.41. The molecule has 3 aromatic heterocycles. The molecule has 2 amide bonds. The Labute approximate surface area is 272 Å². The SMILES string of the molecule is COc1cc(-c2ccc3cc(-c4nc5cc(C(=O)N6CC7CCC6[C@@H]7N)cc(OC)c5n4C)n(CC4CC4)c3n2)ccc1CC(N)=O. The Morgan fingerprint density at radius 2 is 1.77 bits per heavy atom. The van der Waals surface area contributed by atoms with Crippen LogP contribution in [0.3, 0.4) is 0 Å². The van der Waals surface area contributed by atoms with E-state index in [1.54, 1.807) is 14.2 Å². The normalized spacial score (nSPS) is 20.4. The number of pyridine rings is 1. The fraction of sp³-hybridized carbons (Fsp3) is 0.389. The number of aromatic nitrogens is 4. The van der Waals surface area contributed by atoms with Crippen molar-refractivity contribution in [2.24, 2.45) is 30.4 Å². The number of primary amides is 1. The predicted molar refractivity (Wildman–Crippen MR) is 179 cm³/mol. The van der Waals surface area contributed by atoms with Crippen LogP contribution >= 0.6 is 0 Å². The number of benzene rings is 2. The van der Waals surface area contributed by atoms with Gasteiger partial charge in [0, 0.05) is 54.3 Å². The Balaban J connectivity index is 1.21. The molecule has 2 saturated carbocycles. The van der Waals surface area contributed by atoms with Crippen molar-refractivity contribution in [1.29, 1.82) is 0 Å². The van der Waals surface area contributed by atoms with Crippen molar-refractivity contribution < 1.29 is 19.1 Å². The van der Waals surface area contributed by atoms with Gasteiger partial charge in [-0.2, -0.15) is 0 Å². The van der Waals surface area contributed by atoms with Gasteiger partial charge in [-0.25, -0.2) is 9.97 Å². The van der Waals surface area contributed by atoms with Gasteiger partial charge < -0.3 is 35.0 Å². The maximum Gasteiger partial charge on any atom is 0.254 e. The summed E-state index contributed by atoms with van der Waals surface area (Å²) in [5, 5.41) is 1.01. The van der Waals surface area contributed by atoms with Gasteiger partial charge in [-0.05, 0) is 73.9 Å². The van der Waals surface area contributed by atoms with Crippen LogP contribution in [0, 0.1) is 11.8 Å². The maximum absolute atomic E-state index is 13.7. The number of piperidine rings is 1. The number of ether oxygens (including phenoxy) is 2. The molecular formula is C36H39N7O4. The van der Waals surface area contributed by atoms with Crippen molar-refractivity contribution >= 4 is 33.9 Å². The molecule has 242 valence electrons. The van der Waals surface area contributed by atoms with Crippen LogP contribution in [0.5, 0.6) is 11.5 Å². The van der Waals surface area contributed by atoms with Crippen molar-refractivity contribution in [1.82, 2.24) is 24.0 Å². The molecule has 8 rings (SSSR count). The summed E-state index contributed by atoms with van der Waals surface area (Å²) >= 11 is 0. The van der Waals surface area contributed by atoms with E-state index in [0.29, 0.717) is 41.0 Å². The Bertz CT molecular complexity index is 2080. The molecule has 2 aliphatic carbocycles. The summed E-state index contributed by atoms with van der Waals surface area (Å²) < 4.78 is 15.8. The molecule has 2 bridgehead atoms. The van der Waals surface area contributed by atoms with Crippen LogP contribution in [0.4, 0.5) is 0 Å². The van der Waals surface area contributed by atoms with Crippen LogP contribution in [-0.2, 0) is 24.8 Å². The van der Waals surface area contributed by atoms with Gasteiger partial charge in [-0.3, -0.25) is 9.59 Å². The number of fused-ring (bicyclic) bond motifs is 4. The molecule has 2 aromatic carbocycles. The first-order valence-corrected chi connectivity index (χ1v) is 16.3. The first kappa shape index (κ1) is 29.5. The van der Waals surface area contributed by atoms with Crippen molar-refractivity contribution in [2.75, 3.05) is 20.8 Å². The highest BCUT2D eigenvalue weighted by atomic mass is 16.5. The van der Waals surface area contributed by atoms with Gasteiger partial charge in [-0.1, -0.05) is 12.1 Å². The fourth-order valence-electron chi connectivity index (χ4n) is 7.72. The van der Waals surface area contributed by atoms with Gasteiger partial charge in [0.05, 0.1) is 37.5 Å². The molecular weight excluding hydrogens is 594 g/mol. The van der Waals surface area contributed by atoms with E-state index >= 15 is 0 Å². The number of methoxy groups -OCH3 is 2. The van der Waals surface area contributed by atoms with E-state index in [0.717, 1.165) is 64.3 Å². The van der Waals surface area contributed by atoms with Crippen LogP contribution < -0.4 is 20.9 Å². The van der Waals surface area contributed by atoms with E-state index < -0.39 is 5.91 Å². The first-order chi connectivity index (χ1) is 22.7. The summed E-state index contributed by atoms with van der Waals surface area (Å²) in [4.78, 5) is 37.5. The minimum Gasteiger partial charge on any atom is -0.496 e. The maximum atomic E-state index is 13.7. The van der Waals surface area contributed by atoms with Crippen molar-refractivity contribution in [3.63, 3.8) is 0 Å². The number of hydrogen-bond acceptors (Lipinski definition) is 7. The number of nitrogens with two attached hydrogens (primary N) is 2. The summed E-state index contributed by atoms with van der Waals surface area (Å²) in [6.45, 7) is 1.54. The number of likely N-dealkylation sites (tertiary alicyclic amines) is 1. The minimum atomic E-state index is -0.411. The third-order valence-electron chi connectivity index (χ3n) is 10.4. The molecule has 3 aliphatic rings. The lowest BCUT2D eigenvalue weighted by atomic mass is 10.0. The molecule has 0 radical (unpaired) electrons. The Hall–Kier alpha value is -4.90. The molecule has 1 saturated heterocycles. The van der Waals surface area contributed by atoms with Crippen molar-refractivity contribution in [3.05, 3.63) is 59.7 Å². The minimum absolute atomic E-state index is 0.0149. The number of nitrogens with zero attached hydrogens (tertiary/aromatic N) is 5. The highest BCUT2D eigenvalue weighted by molar-refractivity contribution is 6.00. The summed E-state index contributed by atoms with van der Waals surface area (Å²) in [6.07, 6.45) is 4.52. The van der Waals surface area contributed by atoms with E-state index in [-0.39, 0.29) is 24.4 Å². The Kier molecular flexibility index (Phi) is 6.98. The topological polar surface area (TPSA) is 144 Å². The van der Waals surface area contributed by atoms with Gasteiger partial charge in [0.15, 0.2) is 5.82 Å². The summed E-state index contributed by atoms with van der Waals surface area (Å²) in [7, 11) is 5.21. The molecule has 11 nitrogen and oxygen atoms in total. The standard InChI is InChI=1S/C36H39N7O4/c1-41-33-26(12-24(15-30(33)47-3)36(45)43-18-23-9-11-27(43)32(23)38)40-35(41)28-13-22-8-10-25(39-34(22)42(28)17-19-4-5-19)20-6-7-21(16-31(37)44)29(14-20)46-2/h6-8,10,12-15,19,23,27,32H,4-5,9,11,16-18,38H2,1-3H3,(H2,37,44)/t23?,27?,32-/m1/s1. The van der Waals surface area contributed by atoms with Crippen molar-refractivity contribution in [2.45, 2.75) is 50.7 Å². The average Bonchev–Trinajstić information content (AvgIpc) is 3.47. The number of carbonyl (C=O) groups is 2. The second-order valence-electron chi connectivity index (χ2n) is 13.3. The fourth-order valence-corrected chi connectivity index (χ4v) is 7.72. The van der Waals surface area contributed by atoms with Crippen LogP contribution in [0.2, 0.25) is 0 Å². The number of hydrogen-bond donors (Lipinski definition) is 2. The molecule has 3 fully saturated rings. The second kappa shape index (κ2) is 11.1. The third-order valence-corrected chi connectivity index (χ3v) is 10.4. The summed E-state index contributed by atoms with van der Waals surface area (Å²) in [5.74, 6) is 2.53. The quantitative estimate of drug-likeness (QED) is 0.247. The average molecular weight is 634 g/mol. The largest absolute Gasteiger partial charge is 0.496 e. The van der Waals surface area contributed by atoms with E-state index in [1.807, 2.05) is 48.3 Å². The van der Waals surface area contributed by atoms with Crippen LogP contribution in [0.25, 0.3) is 44.8 Å². The van der Waals surface area contributed by atoms with Gasteiger partial charge in [0.1, 0.15) is 22.7 Å². The molecule has 5 aromatic rings. The van der Waals surface area contributed by atoms with Gasteiger partial charge in [0.2, 0.25) is 5.91 Å². The summed E-state index contributed by atoms with van der Waals surface area (Å²) in [6, 6.07) is 15.8. The first-order valence-electron chi connectivity index (χ1n) is 16.3. The molecule has 47 heavy (non-hydrogen) atoms. The molecule has 3 atom stereocenters. The molecule has 2 unspecified atom stereocenters. The van der Waals surface area contributed by atoms with Gasteiger partial charge in [0.25, 0.3) is 5.91 Å². The highest BCUT2D eigenvalue weighted by Gasteiger charge is 2.47. The Morgan fingerprint density at radius 1 is 0.957 bits per heavy atom. The molecule has 4 N–H and O–H groups in total. The zero-order chi connectivity index (χ0) is 32.6. The number of rotatable bonds is 9. The van der Waals surface area contributed by atoms with Crippen molar-refractivity contribution in [3.8, 4) is 34.3 Å². The molecule has 1 aliphatic heterocycles. The monoisotopic (exact) mass is 633 g/mol. The van der Waals surface area contributed by atoms with Crippen LogP contribution in [0.1, 0.15) is 41.6 Å². The van der Waals surface area contributed by atoms with Gasteiger partial charge in [-0.15, -0.1) is 0 Å². The van der Waals surface area contributed by atoms with E-state index in [2.05, 4.69) is 21.3 Å². The Morgan fingerprint density at radius 3 is 2.45 bits per heavy atom. The zero-order valence-electron chi connectivity index (χ0n) is 26.9. The summed E-state index contributed by atoms with van der Waals surface area (Å²) in [5.41, 5.74) is 18.2. The third kappa shape index (κ3) is 4.91. The predicted octanol–water partition coefficient (Wildman–Crippen LogP) is 4.27. The molecule has 4 heterocycles. The lowest BCUT2D eigenvalue weighted by Gasteiger charge is -2.27. The van der Waals surface area contributed by atoms with Gasteiger partial charge >= 0.3 is 0 Å². The van der Waals surface area contributed by atoms with Crippen LogP contribution in [-0.4, -0.2) is 68.7 Å². The van der Waals surface area contributed by atoms with E-state index in [1.165, 1.54) is 12.8 Å². The number of imidazole rings is 1. The number of aryl methyl sites for hydroxylation is 1. The van der Waals surface area contributed by atoms with E-state index in [4.69, 9.17) is 30.9 Å². The van der Waals surface area contributed by atoms with E-state index in [9.17, 15) is 9.59 Å². The number of amides is 2.